The zero-order valence-corrected chi connectivity index (χ0v) is 8.03. The van der Waals surface area contributed by atoms with Gasteiger partial charge in [0.25, 0.3) is 0 Å². The van der Waals surface area contributed by atoms with Crippen LogP contribution in [0.5, 0.6) is 0 Å². The van der Waals surface area contributed by atoms with E-state index in [-0.39, 0.29) is 5.41 Å². The summed E-state index contributed by atoms with van der Waals surface area (Å²) in [6, 6.07) is 8.27. The van der Waals surface area contributed by atoms with Gasteiger partial charge in [-0.1, -0.05) is 30.4 Å². The fourth-order valence-electron chi connectivity index (χ4n) is 1.54. The van der Waals surface area contributed by atoms with Crippen molar-refractivity contribution in [3.63, 3.8) is 0 Å². The Morgan fingerprint density at radius 2 is 1.92 bits per heavy atom. The summed E-state index contributed by atoms with van der Waals surface area (Å²) < 4.78 is 0. The van der Waals surface area contributed by atoms with E-state index in [2.05, 4.69) is 37.4 Å². The van der Waals surface area contributed by atoms with Crippen LogP contribution >= 0.6 is 12.2 Å². The van der Waals surface area contributed by atoms with Crippen molar-refractivity contribution in [2.75, 3.05) is 5.32 Å². The minimum atomic E-state index is 0.00588. The molecule has 12 heavy (non-hydrogen) atoms. The Morgan fingerprint density at radius 1 is 1.25 bits per heavy atom. The topological polar surface area (TPSA) is 12.0 Å². The summed E-state index contributed by atoms with van der Waals surface area (Å²) in [6.07, 6.45) is 0. The molecule has 0 saturated heterocycles. The summed E-state index contributed by atoms with van der Waals surface area (Å²) in [5.41, 5.74) is 2.47. The second kappa shape index (κ2) is 2.30. The fourth-order valence-corrected chi connectivity index (χ4v) is 1.76. The van der Waals surface area contributed by atoms with E-state index in [0.29, 0.717) is 0 Å². The third-order valence-electron chi connectivity index (χ3n) is 2.42. The Labute approximate surface area is 77.8 Å². The number of hydrogen-bond acceptors (Lipinski definition) is 1. The molecule has 1 N–H and O–H groups in total. The molecular formula is C10H11NS. The molecule has 0 saturated carbocycles. The highest BCUT2D eigenvalue weighted by Crippen LogP contribution is 2.37. The summed E-state index contributed by atoms with van der Waals surface area (Å²) in [5.74, 6) is 0. The normalized spacial score (nSPS) is 18.7. The predicted molar refractivity (Wildman–Crippen MR) is 55.7 cm³/mol. The molecule has 0 spiro atoms. The standard InChI is InChI=1S/C10H11NS/c1-10(2)7-5-3-4-6-8(7)11-9(10)12/h3-6H,1-2H3,(H,11,12). The van der Waals surface area contributed by atoms with E-state index in [1.807, 2.05) is 6.07 Å². The minimum absolute atomic E-state index is 0.00588. The van der Waals surface area contributed by atoms with Crippen LogP contribution in [0.3, 0.4) is 0 Å². The van der Waals surface area contributed by atoms with Crippen molar-refractivity contribution in [3.8, 4) is 0 Å². The molecule has 0 unspecified atom stereocenters. The molecule has 1 aliphatic heterocycles. The average Bonchev–Trinajstić information content (AvgIpc) is 2.25. The molecule has 1 aromatic rings. The fraction of sp³-hybridized carbons (Fsp3) is 0.300. The van der Waals surface area contributed by atoms with Gasteiger partial charge in [-0.25, -0.2) is 0 Å². The summed E-state index contributed by atoms with van der Waals surface area (Å²) in [7, 11) is 0. The first-order chi connectivity index (χ1) is 5.62. The first kappa shape index (κ1) is 7.74. The molecular weight excluding hydrogens is 166 g/mol. The van der Waals surface area contributed by atoms with Gasteiger partial charge in [-0.3, -0.25) is 0 Å². The van der Waals surface area contributed by atoms with E-state index in [1.165, 1.54) is 5.56 Å². The predicted octanol–water partition coefficient (Wildman–Crippen LogP) is 2.72. The first-order valence-electron chi connectivity index (χ1n) is 4.03. The maximum absolute atomic E-state index is 5.25. The smallest absolute Gasteiger partial charge is 0.0899 e. The van der Waals surface area contributed by atoms with Crippen molar-refractivity contribution in [1.29, 1.82) is 0 Å². The van der Waals surface area contributed by atoms with E-state index in [9.17, 15) is 0 Å². The van der Waals surface area contributed by atoms with E-state index in [1.54, 1.807) is 0 Å². The van der Waals surface area contributed by atoms with E-state index in [4.69, 9.17) is 12.2 Å². The highest BCUT2D eigenvalue weighted by molar-refractivity contribution is 7.80. The molecule has 62 valence electrons. The van der Waals surface area contributed by atoms with Crippen LogP contribution < -0.4 is 5.32 Å². The lowest BCUT2D eigenvalue weighted by Gasteiger charge is -2.16. The molecule has 0 fully saturated rings. The maximum atomic E-state index is 5.25. The Bertz CT molecular complexity index is 341. The van der Waals surface area contributed by atoms with Gasteiger partial charge in [-0.15, -0.1) is 0 Å². The SMILES string of the molecule is CC1(C)C(=S)Nc2ccccc21. The minimum Gasteiger partial charge on any atom is -0.349 e. The molecule has 1 aliphatic rings. The lowest BCUT2D eigenvalue weighted by Crippen LogP contribution is -2.24. The van der Waals surface area contributed by atoms with Crippen LogP contribution in [0.25, 0.3) is 0 Å². The number of thiocarbonyl (C=S) groups is 1. The number of benzene rings is 1. The zero-order chi connectivity index (χ0) is 8.77. The molecule has 1 aromatic carbocycles. The molecule has 0 bridgehead atoms. The van der Waals surface area contributed by atoms with Crippen molar-refractivity contribution in [2.24, 2.45) is 0 Å². The molecule has 0 aliphatic carbocycles. The second-order valence-electron chi connectivity index (χ2n) is 3.62. The Kier molecular flexibility index (Phi) is 1.48. The van der Waals surface area contributed by atoms with Crippen molar-refractivity contribution in [1.82, 2.24) is 0 Å². The molecule has 0 radical (unpaired) electrons. The number of para-hydroxylation sites is 1. The largest absolute Gasteiger partial charge is 0.349 e. The lowest BCUT2D eigenvalue weighted by atomic mass is 9.87. The Hall–Kier alpha value is -0.890. The van der Waals surface area contributed by atoms with Gasteiger partial charge in [0.1, 0.15) is 0 Å². The highest BCUT2D eigenvalue weighted by Gasteiger charge is 2.34. The molecule has 1 nitrogen and oxygen atoms in total. The second-order valence-corrected chi connectivity index (χ2v) is 4.03. The average molecular weight is 177 g/mol. The van der Waals surface area contributed by atoms with Gasteiger partial charge in [0.05, 0.1) is 4.99 Å². The highest BCUT2D eigenvalue weighted by atomic mass is 32.1. The van der Waals surface area contributed by atoms with Gasteiger partial charge in [0.15, 0.2) is 0 Å². The number of nitrogens with one attached hydrogen (secondary N) is 1. The number of fused-ring (bicyclic) bond motifs is 1. The van der Waals surface area contributed by atoms with E-state index in [0.717, 1.165) is 10.7 Å². The van der Waals surface area contributed by atoms with Gasteiger partial charge in [0, 0.05) is 11.1 Å². The van der Waals surface area contributed by atoms with Crippen molar-refractivity contribution in [2.45, 2.75) is 19.3 Å². The molecule has 0 aromatic heterocycles. The van der Waals surface area contributed by atoms with Crippen molar-refractivity contribution < 1.29 is 0 Å². The van der Waals surface area contributed by atoms with Crippen LogP contribution in [0, 0.1) is 0 Å². The third kappa shape index (κ3) is 0.879. The third-order valence-corrected chi connectivity index (χ3v) is 3.03. The number of rotatable bonds is 0. The number of hydrogen-bond donors (Lipinski definition) is 1. The molecule has 0 atom stereocenters. The molecule has 1 heterocycles. The monoisotopic (exact) mass is 177 g/mol. The quantitative estimate of drug-likeness (QED) is 0.611. The molecule has 0 amide bonds. The van der Waals surface area contributed by atoms with Crippen LogP contribution in [-0.2, 0) is 5.41 Å². The first-order valence-corrected chi connectivity index (χ1v) is 4.44. The van der Waals surface area contributed by atoms with Crippen molar-refractivity contribution >= 4 is 22.9 Å². The van der Waals surface area contributed by atoms with Gasteiger partial charge in [0.2, 0.25) is 0 Å². The summed E-state index contributed by atoms with van der Waals surface area (Å²) in [4.78, 5) is 0.920. The summed E-state index contributed by atoms with van der Waals surface area (Å²) in [5, 5.41) is 3.22. The molecule has 2 rings (SSSR count). The van der Waals surface area contributed by atoms with Gasteiger partial charge in [-0.2, -0.15) is 0 Å². The van der Waals surface area contributed by atoms with E-state index >= 15 is 0 Å². The van der Waals surface area contributed by atoms with Crippen molar-refractivity contribution in [3.05, 3.63) is 29.8 Å². The van der Waals surface area contributed by atoms with Crippen LogP contribution in [0.15, 0.2) is 24.3 Å². The Balaban J connectivity index is 2.63. The van der Waals surface area contributed by atoms with Gasteiger partial charge < -0.3 is 5.32 Å². The van der Waals surface area contributed by atoms with Crippen LogP contribution in [0.4, 0.5) is 5.69 Å². The number of anilines is 1. The lowest BCUT2D eigenvalue weighted by molar-refractivity contribution is 0.747. The van der Waals surface area contributed by atoms with E-state index < -0.39 is 0 Å². The summed E-state index contributed by atoms with van der Waals surface area (Å²) >= 11 is 5.25. The zero-order valence-electron chi connectivity index (χ0n) is 7.22. The summed E-state index contributed by atoms with van der Waals surface area (Å²) in [6.45, 7) is 4.29. The Morgan fingerprint density at radius 3 is 2.58 bits per heavy atom. The van der Waals surface area contributed by atoms with Gasteiger partial charge >= 0.3 is 0 Å². The van der Waals surface area contributed by atoms with Crippen LogP contribution in [0.2, 0.25) is 0 Å². The maximum Gasteiger partial charge on any atom is 0.0899 e. The van der Waals surface area contributed by atoms with Gasteiger partial charge in [-0.05, 0) is 25.5 Å². The van der Waals surface area contributed by atoms with Crippen LogP contribution in [0.1, 0.15) is 19.4 Å². The van der Waals surface area contributed by atoms with Crippen LogP contribution in [-0.4, -0.2) is 4.99 Å². The molecule has 2 heteroatoms.